The fourth-order valence-electron chi connectivity index (χ4n) is 5.43. The Morgan fingerprint density at radius 1 is 1.17 bits per heavy atom. The molecule has 0 unspecified atom stereocenters. The highest BCUT2D eigenvalue weighted by Crippen LogP contribution is 2.39. The van der Waals surface area contributed by atoms with Crippen molar-refractivity contribution < 1.29 is 8.42 Å². The van der Waals surface area contributed by atoms with E-state index in [0.29, 0.717) is 18.4 Å². The molecule has 8 nitrogen and oxygen atoms in total. The Morgan fingerprint density at radius 2 is 1.92 bits per heavy atom. The van der Waals surface area contributed by atoms with E-state index in [2.05, 4.69) is 71.2 Å². The van der Waals surface area contributed by atoms with Gasteiger partial charge < -0.3 is 9.88 Å². The summed E-state index contributed by atoms with van der Waals surface area (Å²) in [5, 5.41) is 5.63. The first-order valence-electron chi connectivity index (χ1n) is 12.7. The number of aromatic nitrogens is 4. The fourth-order valence-corrected chi connectivity index (χ4v) is 6.29. The predicted octanol–water partition coefficient (Wildman–Crippen LogP) is 4.38. The Kier molecular flexibility index (Phi) is 6.65. The number of H-pyrrole nitrogens is 1. The number of sulfonamides is 1. The second-order valence-electron chi connectivity index (χ2n) is 10.5. The van der Waals surface area contributed by atoms with Crippen LogP contribution in [0.4, 0.5) is 0 Å². The van der Waals surface area contributed by atoms with Crippen LogP contribution in [0.1, 0.15) is 55.2 Å². The fraction of sp³-hybridized carbons (Fsp3) is 0.481. The molecule has 1 N–H and O–H groups in total. The number of aromatic amines is 1. The van der Waals surface area contributed by atoms with Gasteiger partial charge in [0.2, 0.25) is 10.0 Å². The van der Waals surface area contributed by atoms with Crippen LogP contribution in [0.25, 0.3) is 27.8 Å². The summed E-state index contributed by atoms with van der Waals surface area (Å²) in [7, 11) is 0.0481. The molecule has 0 saturated carbocycles. The molecule has 0 aliphatic carbocycles. The number of benzene rings is 1. The van der Waals surface area contributed by atoms with Gasteiger partial charge in [-0.15, -0.1) is 0 Å². The van der Waals surface area contributed by atoms with Gasteiger partial charge in [0.15, 0.2) is 5.65 Å². The van der Waals surface area contributed by atoms with Crippen LogP contribution in [-0.2, 0) is 10.0 Å². The SMILES string of the molecule is Cc1cc2ncnn2cc1-c1[nH]c2ccc(C3CCN(CCS(=O)(=O)N(C)C)CC3)cc2c1C(C)C. The van der Waals surface area contributed by atoms with Crippen molar-refractivity contribution in [2.75, 3.05) is 39.5 Å². The summed E-state index contributed by atoms with van der Waals surface area (Å²) in [5.41, 5.74) is 8.19. The molecule has 1 saturated heterocycles. The standard InChI is InChI=1S/C27H36N6O2S/c1-18(2)26-22-15-21(20-8-10-32(11-9-20)12-13-36(34,35)31(4)5)6-7-24(22)30-27(26)23-16-33-25(14-19(23)3)28-17-29-33/h6-7,14-18,20,30H,8-13H2,1-5H3. The highest BCUT2D eigenvalue weighted by molar-refractivity contribution is 7.89. The number of hydrogen-bond donors (Lipinski definition) is 1. The van der Waals surface area contributed by atoms with Crippen molar-refractivity contribution in [3.8, 4) is 11.3 Å². The topological polar surface area (TPSA) is 86.6 Å². The molecular weight excluding hydrogens is 472 g/mol. The van der Waals surface area contributed by atoms with E-state index < -0.39 is 10.0 Å². The average Bonchev–Trinajstić information content (AvgIpc) is 3.45. The molecule has 4 heterocycles. The molecule has 1 aromatic carbocycles. The summed E-state index contributed by atoms with van der Waals surface area (Å²) in [4.78, 5) is 10.3. The number of likely N-dealkylation sites (tertiary alicyclic amines) is 1. The number of aryl methyl sites for hydroxylation is 1. The van der Waals surface area contributed by atoms with E-state index in [9.17, 15) is 8.42 Å². The molecule has 4 aromatic rings. The maximum absolute atomic E-state index is 12.1. The quantitative estimate of drug-likeness (QED) is 0.400. The average molecular weight is 509 g/mol. The van der Waals surface area contributed by atoms with Gasteiger partial charge in [-0.2, -0.15) is 5.10 Å². The van der Waals surface area contributed by atoms with Crippen molar-refractivity contribution in [1.82, 2.24) is 28.8 Å². The lowest BCUT2D eigenvalue weighted by atomic mass is 9.87. The number of piperidine rings is 1. The maximum atomic E-state index is 12.1. The molecule has 5 rings (SSSR count). The number of hydrogen-bond acceptors (Lipinski definition) is 5. The first kappa shape index (κ1) is 24.9. The van der Waals surface area contributed by atoms with Crippen LogP contribution in [0.3, 0.4) is 0 Å². The molecule has 9 heteroatoms. The monoisotopic (exact) mass is 508 g/mol. The second-order valence-corrected chi connectivity index (χ2v) is 12.8. The molecule has 0 radical (unpaired) electrons. The van der Waals surface area contributed by atoms with Gasteiger partial charge >= 0.3 is 0 Å². The van der Waals surface area contributed by atoms with Crippen LogP contribution < -0.4 is 0 Å². The summed E-state index contributed by atoms with van der Waals surface area (Å²) in [5.74, 6) is 1.03. The summed E-state index contributed by atoms with van der Waals surface area (Å²) < 4.78 is 27.4. The Bertz CT molecular complexity index is 1490. The highest BCUT2D eigenvalue weighted by Gasteiger charge is 2.24. The maximum Gasteiger partial charge on any atom is 0.214 e. The van der Waals surface area contributed by atoms with E-state index in [1.807, 2.05) is 4.52 Å². The van der Waals surface area contributed by atoms with Crippen molar-refractivity contribution in [2.45, 2.75) is 45.4 Å². The summed E-state index contributed by atoms with van der Waals surface area (Å²) in [6.07, 6.45) is 5.75. The number of rotatable bonds is 7. The lowest BCUT2D eigenvalue weighted by molar-refractivity contribution is 0.222. The first-order chi connectivity index (χ1) is 17.1. The van der Waals surface area contributed by atoms with Crippen LogP contribution >= 0.6 is 0 Å². The zero-order chi connectivity index (χ0) is 25.6. The van der Waals surface area contributed by atoms with E-state index in [0.717, 1.165) is 48.4 Å². The van der Waals surface area contributed by atoms with Gasteiger partial charge in [0.05, 0.1) is 11.4 Å². The third-order valence-corrected chi connectivity index (χ3v) is 9.42. The Morgan fingerprint density at radius 3 is 2.61 bits per heavy atom. The lowest BCUT2D eigenvalue weighted by Crippen LogP contribution is -2.38. The van der Waals surface area contributed by atoms with Gasteiger partial charge in [-0.25, -0.2) is 22.2 Å². The van der Waals surface area contributed by atoms with Crippen molar-refractivity contribution in [3.63, 3.8) is 0 Å². The van der Waals surface area contributed by atoms with Gasteiger partial charge in [-0.1, -0.05) is 19.9 Å². The predicted molar refractivity (Wildman–Crippen MR) is 145 cm³/mol. The molecule has 1 aliphatic rings. The van der Waals surface area contributed by atoms with Crippen LogP contribution in [0.5, 0.6) is 0 Å². The van der Waals surface area contributed by atoms with Crippen molar-refractivity contribution in [3.05, 3.63) is 53.5 Å². The molecule has 0 atom stereocenters. The van der Waals surface area contributed by atoms with Gasteiger partial charge in [-0.05, 0) is 79.6 Å². The smallest absolute Gasteiger partial charge is 0.214 e. The molecule has 0 amide bonds. The van der Waals surface area contributed by atoms with Crippen molar-refractivity contribution >= 4 is 26.6 Å². The molecule has 36 heavy (non-hydrogen) atoms. The van der Waals surface area contributed by atoms with Crippen molar-refractivity contribution in [2.24, 2.45) is 0 Å². The molecule has 0 bridgehead atoms. The van der Waals surface area contributed by atoms with Crippen LogP contribution in [0.2, 0.25) is 0 Å². The van der Waals surface area contributed by atoms with Crippen LogP contribution in [0.15, 0.2) is 36.8 Å². The normalized spacial score (nSPS) is 16.2. The largest absolute Gasteiger partial charge is 0.354 e. The van der Waals surface area contributed by atoms with Gasteiger partial charge in [0.1, 0.15) is 6.33 Å². The molecule has 0 spiro atoms. The molecule has 3 aromatic heterocycles. The highest BCUT2D eigenvalue weighted by atomic mass is 32.2. The first-order valence-corrected chi connectivity index (χ1v) is 14.3. The number of fused-ring (bicyclic) bond motifs is 2. The van der Waals surface area contributed by atoms with E-state index in [1.165, 1.54) is 26.4 Å². The van der Waals surface area contributed by atoms with E-state index in [1.54, 1.807) is 20.4 Å². The zero-order valence-electron chi connectivity index (χ0n) is 21.8. The molecule has 192 valence electrons. The molecule has 1 aliphatic heterocycles. The van der Waals surface area contributed by atoms with Gasteiger partial charge in [0, 0.05) is 43.3 Å². The van der Waals surface area contributed by atoms with E-state index >= 15 is 0 Å². The number of nitrogens with zero attached hydrogens (tertiary/aromatic N) is 5. The minimum absolute atomic E-state index is 0.181. The van der Waals surface area contributed by atoms with Gasteiger partial charge in [-0.3, -0.25) is 0 Å². The minimum Gasteiger partial charge on any atom is -0.354 e. The summed E-state index contributed by atoms with van der Waals surface area (Å²) in [6.45, 7) is 9.09. The minimum atomic E-state index is -3.15. The second kappa shape index (κ2) is 9.61. The summed E-state index contributed by atoms with van der Waals surface area (Å²) in [6, 6.07) is 8.95. The lowest BCUT2D eigenvalue weighted by Gasteiger charge is -2.32. The molecular formula is C27H36N6O2S. The third-order valence-electron chi connectivity index (χ3n) is 7.61. The number of pyridine rings is 1. The zero-order valence-corrected chi connectivity index (χ0v) is 22.6. The Balaban J connectivity index is 1.40. The Hall–Kier alpha value is -2.75. The summed E-state index contributed by atoms with van der Waals surface area (Å²) >= 11 is 0. The van der Waals surface area contributed by atoms with E-state index in [4.69, 9.17) is 0 Å². The van der Waals surface area contributed by atoms with E-state index in [-0.39, 0.29) is 5.75 Å². The molecule has 1 fully saturated rings. The Labute approximate surface area is 213 Å². The van der Waals surface area contributed by atoms with Crippen LogP contribution in [0, 0.1) is 6.92 Å². The van der Waals surface area contributed by atoms with Crippen molar-refractivity contribution in [1.29, 1.82) is 0 Å². The third kappa shape index (κ3) is 4.67. The number of nitrogens with one attached hydrogen (secondary N) is 1. The van der Waals surface area contributed by atoms with Crippen LogP contribution in [-0.4, -0.2) is 76.7 Å². The van der Waals surface area contributed by atoms with Gasteiger partial charge in [0.25, 0.3) is 0 Å².